The van der Waals surface area contributed by atoms with E-state index in [0.717, 1.165) is 17.7 Å². The van der Waals surface area contributed by atoms with Crippen LogP contribution >= 0.6 is 0 Å². The molecular weight excluding hydrogens is 276 g/mol. The maximum absolute atomic E-state index is 12.3. The normalized spacial score (nSPS) is 16.3. The number of amides is 2. The van der Waals surface area contributed by atoms with Crippen LogP contribution in [0.15, 0.2) is 24.3 Å². The summed E-state index contributed by atoms with van der Waals surface area (Å²) in [6.45, 7) is 3.79. The van der Waals surface area contributed by atoms with Crippen LogP contribution in [0.5, 0.6) is 0 Å². The molecule has 0 saturated carbocycles. The molecule has 0 spiro atoms. The van der Waals surface area contributed by atoms with E-state index in [2.05, 4.69) is 12.2 Å². The third kappa shape index (κ3) is 4.67. The Labute approximate surface area is 123 Å². The maximum atomic E-state index is 12.3. The van der Waals surface area contributed by atoms with E-state index in [9.17, 15) is 13.6 Å². The number of carbonyl (C=O) groups excluding carboxylic acids is 1. The molecule has 21 heavy (non-hydrogen) atoms. The van der Waals surface area contributed by atoms with Gasteiger partial charge < -0.3 is 10.2 Å². The van der Waals surface area contributed by atoms with Gasteiger partial charge in [-0.2, -0.15) is 0 Å². The number of benzene rings is 1. The van der Waals surface area contributed by atoms with Crippen LogP contribution in [0.2, 0.25) is 0 Å². The number of hydrogen-bond acceptors (Lipinski definition) is 2. The van der Waals surface area contributed by atoms with E-state index in [1.54, 1.807) is 9.80 Å². The molecule has 6 heteroatoms. The van der Waals surface area contributed by atoms with Gasteiger partial charge in [0.1, 0.15) is 0 Å². The number of hydrogen-bond donors (Lipinski definition) is 1. The number of alkyl halides is 2. The van der Waals surface area contributed by atoms with Crippen molar-refractivity contribution in [3.05, 3.63) is 29.8 Å². The summed E-state index contributed by atoms with van der Waals surface area (Å²) in [4.78, 5) is 15.5. The second kappa shape index (κ2) is 7.36. The van der Waals surface area contributed by atoms with Crippen LogP contribution in [0.1, 0.15) is 12.5 Å². The number of rotatable bonds is 4. The molecule has 2 rings (SSSR count). The molecular formula is C15H21F2N3O. The quantitative estimate of drug-likeness (QED) is 0.927. The number of urea groups is 1. The van der Waals surface area contributed by atoms with Gasteiger partial charge in [-0.15, -0.1) is 0 Å². The first-order valence-corrected chi connectivity index (χ1v) is 7.24. The predicted molar refractivity (Wildman–Crippen MR) is 78.9 cm³/mol. The first-order valence-electron chi connectivity index (χ1n) is 7.24. The molecule has 0 unspecified atom stereocenters. The Morgan fingerprint density at radius 1 is 1.29 bits per heavy atom. The fraction of sp³-hybridized carbons (Fsp3) is 0.533. The summed E-state index contributed by atoms with van der Waals surface area (Å²) in [7, 11) is 0. The Morgan fingerprint density at radius 3 is 2.62 bits per heavy atom. The van der Waals surface area contributed by atoms with Gasteiger partial charge in [0, 0.05) is 31.9 Å². The van der Waals surface area contributed by atoms with E-state index in [-0.39, 0.29) is 12.6 Å². The van der Waals surface area contributed by atoms with Crippen LogP contribution in [0.3, 0.4) is 0 Å². The topological polar surface area (TPSA) is 35.6 Å². The molecule has 1 heterocycles. The second-order valence-corrected chi connectivity index (χ2v) is 5.16. The molecule has 1 aliphatic rings. The van der Waals surface area contributed by atoms with Crippen LogP contribution in [0.25, 0.3) is 0 Å². The molecule has 4 nitrogen and oxygen atoms in total. The van der Waals surface area contributed by atoms with Crippen LogP contribution in [-0.4, -0.2) is 55.0 Å². The molecule has 1 aromatic rings. The number of anilines is 1. The molecule has 0 aromatic heterocycles. The molecule has 1 aliphatic heterocycles. The number of halogens is 2. The fourth-order valence-electron chi connectivity index (χ4n) is 2.40. The largest absolute Gasteiger partial charge is 0.322 e. The van der Waals surface area contributed by atoms with Crippen molar-refractivity contribution in [1.82, 2.24) is 9.80 Å². The van der Waals surface area contributed by atoms with Gasteiger partial charge >= 0.3 is 6.03 Å². The van der Waals surface area contributed by atoms with Gasteiger partial charge in [0.05, 0.1) is 6.54 Å². The fourth-order valence-corrected chi connectivity index (χ4v) is 2.40. The molecule has 116 valence electrons. The highest BCUT2D eigenvalue weighted by Gasteiger charge is 2.22. The Hall–Kier alpha value is -1.69. The zero-order valence-electron chi connectivity index (χ0n) is 12.2. The Bertz CT molecular complexity index is 474. The van der Waals surface area contributed by atoms with Gasteiger partial charge in [0.2, 0.25) is 0 Å². The van der Waals surface area contributed by atoms with Crippen molar-refractivity contribution < 1.29 is 13.6 Å². The van der Waals surface area contributed by atoms with Crippen LogP contribution in [-0.2, 0) is 6.42 Å². The van der Waals surface area contributed by atoms with E-state index in [0.29, 0.717) is 26.2 Å². The van der Waals surface area contributed by atoms with E-state index in [4.69, 9.17) is 0 Å². The summed E-state index contributed by atoms with van der Waals surface area (Å²) in [6, 6.07) is 7.56. The monoisotopic (exact) mass is 297 g/mol. The lowest BCUT2D eigenvalue weighted by Gasteiger charge is -2.34. The van der Waals surface area contributed by atoms with Gasteiger partial charge in [0.25, 0.3) is 6.43 Å². The predicted octanol–water partition coefficient (Wildman–Crippen LogP) is 2.66. The first-order chi connectivity index (χ1) is 10.1. The van der Waals surface area contributed by atoms with Crippen molar-refractivity contribution in [2.45, 2.75) is 19.8 Å². The van der Waals surface area contributed by atoms with Crippen LogP contribution in [0, 0.1) is 0 Å². The zero-order chi connectivity index (χ0) is 15.2. The van der Waals surface area contributed by atoms with Crippen molar-refractivity contribution >= 4 is 11.7 Å². The van der Waals surface area contributed by atoms with E-state index in [1.165, 1.54) is 0 Å². The summed E-state index contributed by atoms with van der Waals surface area (Å²) < 4.78 is 24.6. The standard InChI is InChI=1S/C15H21F2N3O/c1-2-12-4-3-5-13(10-12)18-15(21)20-8-6-19(7-9-20)11-14(16)17/h3-5,10,14H,2,6-9,11H2,1H3,(H,18,21). The van der Waals surface area contributed by atoms with Crippen LogP contribution < -0.4 is 5.32 Å². The Kier molecular flexibility index (Phi) is 5.50. The minimum Gasteiger partial charge on any atom is -0.322 e. The molecule has 1 aromatic carbocycles. The third-order valence-electron chi connectivity index (χ3n) is 3.64. The molecule has 0 aliphatic carbocycles. The highest BCUT2D eigenvalue weighted by Crippen LogP contribution is 2.13. The van der Waals surface area contributed by atoms with E-state index in [1.807, 2.05) is 24.3 Å². The minimum atomic E-state index is -2.32. The van der Waals surface area contributed by atoms with Crippen molar-refractivity contribution in [2.75, 3.05) is 38.0 Å². The molecule has 1 fully saturated rings. The summed E-state index contributed by atoms with van der Waals surface area (Å²) in [5.41, 5.74) is 1.93. The number of nitrogens with one attached hydrogen (secondary N) is 1. The summed E-state index contributed by atoms with van der Waals surface area (Å²) in [5, 5.41) is 2.86. The first kappa shape index (κ1) is 15.7. The smallest absolute Gasteiger partial charge is 0.321 e. The van der Waals surface area contributed by atoms with Gasteiger partial charge in [-0.25, -0.2) is 13.6 Å². The van der Waals surface area contributed by atoms with Crippen molar-refractivity contribution in [1.29, 1.82) is 0 Å². The highest BCUT2D eigenvalue weighted by molar-refractivity contribution is 5.89. The lowest BCUT2D eigenvalue weighted by atomic mass is 10.1. The molecule has 1 N–H and O–H groups in total. The van der Waals surface area contributed by atoms with Crippen molar-refractivity contribution in [3.63, 3.8) is 0 Å². The Balaban J connectivity index is 1.84. The van der Waals surface area contributed by atoms with Gasteiger partial charge in [-0.05, 0) is 24.1 Å². The summed E-state index contributed by atoms with van der Waals surface area (Å²) in [5.74, 6) is 0. The molecule has 2 amide bonds. The summed E-state index contributed by atoms with van der Waals surface area (Å²) >= 11 is 0. The number of nitrogens with zero attached hydrogens (tertiary/aromatic N) is 2. The molecule has 0 atom stereocenters. The molecule has 0 radical (unpaired) electrons. The molecule has 1 saturated heterocycles. The second-order valence-electron chi connectivity index (χ2n) is 5.16. The summed E-state index contributed by atoms with van der Waals surface area (Å²) in [6.07, 6.45) is -1.40. The number of carbonyl (C=O) groups is 1. The number of aryl methyl sites for hydroxylation is 1. The van der Waals surface area contributed by atoms with E-state index < -0.39 is 6.43 Å². The van der Waals surface area contributed by atoms with Crippen molar-refractivity contribution in [2.24, 2.45) is 0 Å². The zero-order valence-corrected chi connectivity index (χ0v) is 12.2. The number of piperazine rings is 1. The average Bonchev–Trinajstić information content (AvgIpc) is 2.47. The SMILES string of the molecule is CCc1cccc(NC(=O)N2CCN(CC(F)F)CC2)c1. The van der Waals surface area contributed by atoms with Crippen molar-refractivity contribution in [3.8, 4) is 0 Å². The van der Waals surface area contributed by atoms with Gasteiger partial charge in [0.15, 0.2) is 0 Å². The third-order valence-corrected chi connectivity index (χ3v) is 3.64. The lowest BCUT2D eigenvalue weighted by Crippen LogP contribution is -2.50. The average molecular weight is 297 g/mol. The lowest BCUT2D eigenvalue weighted by molar-refractivity contribution is 0.0651. The van der Waals surface area contributed by atoms with Gasteiger partial charge in [-0.1, -0.05) is 19.1 Å². The maximum Gasteiger partial charge on any atom is 0.321 e. The van der Waals surface area contributed by atoms with Crippen LogP contribution in [0.4, 0.5) is 19.3 Å². The molecule has 0 bridgehead atoms. The Morgan fingerprint density at radius 2 is 2.00 bits per heavy atom. The minimum absolute atomic E-state index is 0.167. The van der Waals surface area contributed by atoms with Gasteiger partial charge in [-0.3, -0.25) is 4.90 Å². The highest BCUT2D eigenvalue weighted by atomic mass is 19.3. The van der Waals surface area contributed by atoms with E-state index >= 15 is 0 Å².